The van der Waals surface area contributed by atoms with Gasteiger partial charge in [-0.2, -0.15) is 0 Å². The van der Waals surface area contributed by atoms with Crippen LogP contribution in [0.5, 0.6) is 5.75 Å². The average molecular weight is 765 g/mol. The lowest BCUT2D eigenvalue weighted by Gasteiger charge is -2.52. The summed E-state index contributed by atoms with van der Waals surface area (Å²) >= 11 is 6.51. The molecule has 1 unspecified atom stereocenters. The van der Waals surface area contributed by atoms with Crippen LogP contribution in [0.4, 0.5) is 10.5 Å². The number of rotatable bonds is 3. The lowest BCUT2D eigenvalue weighted by Crippen LogP contribution is -2.60. The summed E-state index contributed by atoms with van der Waals surface area (Å²) in [6.45, 7) is 9.26. The number of halogens is 1. The van der Waals surface area contributed by atoms with Crippen LogP contribution in [0.25, 0.3) is 0 Å². The summed E-state index contributed by atoms with van der Waals surface area (Å²) in [7, 11) is -1.15. The molecule has 2 amide bonds. The van der Waals surface area contributed by atoms with Crippen molar-refractivity contribution in [2.45, 2.75) is 74.7 Å². The third-order valence-electron chi connectivity index (χ3n) is 13.4. The predicted octanol–water partition coefficient (Wildman–Crippen LogP) is 5.71. The Morgan fingerprint density at radius 1 is 1.09 bits per heavy atom. The van der Waals surface area contributed by atoms with E-state index in [1.54, 1.807) is 6.07 Å². The van der Waals surface area contributed by atoms with E-state index in [-0.39, 0.29) is 40.5 Å². The quantitative estimate of drug-likeness (QED) is 0.314. The number of hydrogen-bond acceptors (Lipinski definition) is 8. The molecule has 10 nitrogen and oxygen atoms in total. The van der Waals surface area contributed by atoms with Crippen LogP contribution in [0.1, 0.15) is 67.4 Å². The predicted molar refractivity (Wildman–Crippen MR) is 210 cm³/mol. The maximum absolute atomic E-state index is 14.0. The zero-order chi connectivity index (χ0) is 37.1. The topological polar surface area (TPSA) is 101 Å². The van der Waals surface area contributed by atoms with Crippen LogP contribution in [-0.4, -0.2) is 108 Å². The molecule has 2 bridgehead atoms. The number of anilines is 1. The van der Waals surface area contributed by atoms with Gasteiger partial charge in [0.15, 0.2) is 0 Å². The van der Waals surface area contributed by atoms with Gasteiger partial charge in [-0.05, 0) is 111 Å². The molecule has 12 heteroatoms. The number of aryl methyl sites for hydroxylation is 1. The minimum atomic E-state index is -2.99. The molecule has 0 radical (unpaired) electrons. The molecule has 3 fully saturated rings. The van der Waals surface area contributed by atoms with E-state index in [2.05, 4.69) is 51.6 Å². The Kier molecular flexibility index (Phi) is 9.78. The van der Waals surface area contributed by atoms with Gasteiger partial charge in [0.05, 0.1) is 28.0 Å². The fourth-order valence-electron chi connectivity index (χ4n) is 9.95. The Bertz CT molecular complexity index is 1910. The van der Waals surface area contributed by atoms with Gasteiger partial charge in [-0.15, -0.1) is 0 Å². The van der Waals surface area contributed by atoms with Gasteiger partial charge in [-0.3, -0.25) is 19.3 Å². The summed E-state index contributed by atoms with van der Waals surface area (Å²) in [5.41, 5.74) is 3.06. The van der Waals surface area contributed by atoms with E-state index in [0.717, 1.165) is 74.7 Å². The number of allylic oxidation sites excluding steroid dienone is 1. The molecule has 1 spiro atoms. The second-order valence-electron chi connectivity index (χ2n) is 16.5. The molecule has 2 aromatic carbocycles. The first-order chi connectivity index (χ1) is 25.4. The number of cyclic esters (lactones) is 1. The number of piperazine rings is 1. The number of benzene rings is 2. The van der Waals surface area contributed by atoms with Crippen molar-refractivity contribution < 1.29 is 28.0 Å². The van der Waals surface area contributed by atoms with E-state index < -0.39 is 15.3 Å². The molecule has 8 atom stereocenters. The molecular weight excluding hydrogens is 712 g/mol. The molecule has 1 N–H and O–H groups in total. The first-order valence-corrected chi connectivity index (χ1v) is 21.4. The Labute approximate surface area is 319 Å². The monoisotopic (exact) mass is 764 g/mol. The van der Waals surface area contributed by atoms with Gasteiger partial charge in [0.1, 0.15) is 18.0 Å². The molecule has 0 aromatic heterocycles. The van der Waals surface area contributed by atoms with Crippen LogP contribution in [0.2, 0.25) is 5.02 Å². The van der Waals surface area contributed by atoms with Gasteiger partial charge in [-0.25, -0.2) is 9.00 Å². The molecule has 286 valence electrons. The van der Waals surface area contributed by atoms with Crippen LogP contribution in [0, 0.1) is 17.8 Å². The molecule has 53 heavy (non-hydrogen) atoms. The Balaban J connectivity index is 1.19. The van der Waals surface area contributed by atoms with Crippen molar-refractivity contribution >= 4 is 44.9 Å². The summed E-state index contributed by atoms with van der Waals surface area (Å²) in [6, 6.07) is 11.9. The van der Waals surface area contributed by atoms with Crippen molar-refractivity contribution in [3.05, 3.63) is 70.3 Å². The zero-order valence-electron chi connectivity index (χ0n) is 31.2. The number of fused-ring (bicyclic) bond motifs is 5. The zero-order valence-corrected chi connectivity index (χ0v) is 32.8. The highest BCUT2D eigenvalue weighted by molar-refractivity contribution is 7.99. The smallest absolute Gasteiger partial charge is 0.410 e. The standard InChI is InChI=1S/C41H53ClN4O6S/c1-27-7-5-16-41(50-3,25-44-17-18-46-33(22-44)23-51-39(46)48)35-12-9-31(35)21-45-24-40(15-6-8-29-19-32(42)11-13-34(29)40)26-52-37-14-10-30(20-36(37)45)38(47)43-53(4,49)28(27)2/h5,10-11,13-14,16,19-20,27-28,31,33,35H,4,6-9,12,15,17-18,21-26H2,1-3H3,(H,43,47,49)/b16-5+/t27-,28+,31-,33-,35+,40-,41+,53?/m0/s1. The maximum atomic E-state index is 14.0. The number of carbonyl (C=O) groups is 2. The van der Waals surface area contributed by atoms with Gasteiger partial charge in [-0.1, -0.05) is 36.7 Å². The van der Waals surface area contributed by atoms with Gasteiger partial charge >= 0.3 is 6.09 Å². The highest BCUT2D eigenvalue weighted by Gasteiger charge is 2.51. The second-order valence-corrected chi connectivity index (χ2v) is 19.4. The minimum absolute atomic E-state index is 0.0122. The van der Waals surface area contributed by atoms with Crippen molar-refractivity contribution in [2.24, 2.45) is 17.8 Å². The van der Waals surface area contributed by atoms with Gasteiger partial charge in [0.25, 0.3) is 5.91 Å². The van der Waals surface area contributed by atoms with E-state index in [9.17, 15) is 13.8 Å². The first kappa shape index (κ1) is 36.7. The normalized spacial score (nSPS) is 36.6. The highest BCUT2D eigenvalue weighted by Crippen LogP contribution is 2.49. The third kappa shape index (κ3) is 6.74. The first-order valence-electron chi connectivity index (χ1n) is 19.3. The second kappa shape index (κ2) is 14.1. The van der Waals surface area contributed by atoms with Crippen LogP contribution in [0.15, 0.2) is 48.6 Å². The Morgan fingerprint density at radius 3 is 2.74 bits per heavy atom. The summed E-state index contributed by atoms with van der Waals surface area (Å²) in [6.07, 6.45) is 10.0. The van der Waals surface area contributed by atoms with E-state index in [1.165, 1.54) is 11.1 Å². The maximum Gasteiger partial charge on any atom is 0.410 e. The SMILES string of the molecule is C=S1(=O)NC(=O)c2ccc3c(c2)N(C[C@@H]2CC[C@H]2[C@@](CN2CCN4C(=O)OC[C@@H]4C2)(OC)/C=C/C[C@H](C)[C@H]1C)C[C@@]1(CCCc2cc(Cl)ccc21)CO3. The number of nitrogens with one attached hydrogen (secondary N) is 1. The lowest BCUT2D eigenvalue weighted by atomic mass is 9.63. The van der Waals surface area contributed by atoms with Crippen molar-refractivity contribution in [3.63, 3.8) is 0 Å². The van der Waals surface area contributed by atoms with Crippen LogP contribution in [0.3, 0.4) is 0 Å². The minimum Gasteiger partial charge on any atom is -0.490 e. The van der Waals surface area contributed by atoms with Crippen molar-refractivity contribution in [3.8, 4) is 5.75 Å². The number of amides is 2. The number of nitrogens with zero attached hydrogens (tertiary/aromatic N) is 3. The molecular formula is C41H53ClN4O6S. The largest absolute Gasteiger partial charge is 0.490 e. The molecule has 1 saturated carbocycles. The van der Waals surface area contributed by atoms with E-state index in [4.69, 9.17) is 25.8 Å². The van der Waals surface area contributed by atoms with Gasteiger partial charge < -0.3 is 19.1 Å². The molecule has 8 rings (SSSR count). The summed E-state index contributed by atoms with van der Waals surface area (Å²) < 4.78 is 35.7. The average Bonchev–Trinajstić information content (AvgIpc) is 3.42. The third-order valence-corrected chi connectivity index (χ3v) is 15.9. The molecule has 2 saturated heterocycles. The highest BCUT2D eigenvalue weighted by atomic mass is 35.5. The van der Waals surface area contributed by atoms with Gasteiger partial charge in [0, 0.05) is 67.6 Å². The Hall–Kier alpha value is -3.25. The van der Waals surface area contributed by atoms with E-state index in [1.807, 2.05) is 37.1 Å². The molecule has 4 heterocycles. The molecule has 4 aliphatic heterocycles. The van der Waals surface area contributed by atoms with E-state index in [0.29, 0.717) is 44.2 Å². The molecule has 2 aliphatic carbocycles. The number of hydrogen-bond donors (Lipinski definition) is 1. The summed E-state index contributed by atoms with van der Waals surface area (Å²) in [5.74, 6) is 4.95. The summed E-state index contributed by atoms with van der Waals surface area (Å²) in [5, 5.41) is 0.380. The van der Waals surface area contributed by atoms with Crippen molar-refractivity contribution in [1.29, 1.82) is 0 Å². The Morgan fingerprint density at radius 2 is 1.94 bits per heavy atom. The fraction of sp³-hybridized carbons (Fsp3) is 0.585. The number of methoxy groups -OCH3 is 1. The van der Waals surface area contributed by atoms with Gasteiger partial charge in [0.2, 0.25) is 0 Å². The van der Waals surface area contributed by atoms with Crippen molar-refractivity contribution in [1.82, 2.24) is 14.5 Å². The molecule has 6 aliphatic rings. The summed E-state index contributed by atoms with van der Waals surface area (Å²) in [4.78, 5) is 32.9. The lowest BCUT2D eigenvalue weighted by molar-refractivity contribution is -0.0962. The van der Waals surface area contributed by atoms with Crippen LogP contribution in [-0.2, 0) is 31.0 Å². The number of carbonyl (C=O) groups excluding carboxylic acids is 2. The van der Waals surface area contributed by atoms with Crippen LogP contribution >= 0.6 is 11.6 Å². The number of ether oxygens (including phenoxy) is 3. The van der Waals surface area contributed by atoms with E-state index >= 15 is 0 Å². The van der Waals surface area contributed by atoms with Crippen LogP contribution < -0.4 is 14.4 Å². The van der Waals surface area contributed by atoms with Crippen molar-refractivity contribution in [2.75, 3.05) is 64.5 Å². The fourth-order valence-corrected chi connectivity index (χ4v) is 11.6. The molecule has 2 aromatic rings.